The third kappa shape index (κ3) is 2.34. The molecule has 0 radical (unpaired) electrons. The molecular formula is C8H12O3Se. The third-order valence-corrected chi connectivity index (χ3v) is 4.00. The number of carbonyl (C=O) groups is 1. The fourth-order valence-electron chi connectivity index (χ4n) is 0.874. The molecule has 0 saturated carbocycles. The van der Waals surface area contributed by atoms with Crippen molar-refractivity contribution in [1.29, 1.82) is 0 Å². The van der Waals surface area contributed by atoms with Gasteiger partial charge in [0.1, 0.15) is 0 Å². The van der Waals surface area contributed by atoms with Gasteiger partial charge in [-0.3, -0.25) is 0 Å². The molecule has 0 aromatic carbocycles. The minimum absolute atomic E-state index is 0.283. The Labute approximate surface area is 77.9 Å². The van der Waals surface area contributed by atoms with Crippen LogP contribution in [0.1, 0.15) is 6.92 Å². The number of aliphatic hydroxyl groups is 1. The number of ether oxygens (including phenoxy) is 1. The first-order valence-corrected chi connectivity index (χ1v) is 6.16. The average Bonchev–Trinajstić information content (AvgIpc) is 2.36. The normalized spacial score (nSPS) is 28.5. The summed E-state index contributed by atoms with van der Waals surface area (Å²) >= 11 is 0.430. The maximum atomic E-state index is 11.0. The Balaban J connectivity index is 2.40. The van der Waals surface area contributed by atoms with E-state index in [0.717, 1.165) is 10.6 Å². The van der Waals surface area contributed by atoms with Crippen LogP contribution in [-0.4, -0.2) is 38.2 Å². The second-order valence-electron chi connectivity index (χ2n) is 2.83. The zero-order valence-electron chi connectivity index (χ0n) is 6.95. The van der Waals surface area contributed by atoms with Gasteiger partial charge in [0.25, 0.3) is 0 Å². The third-order valence-electron chi connectivity index (χ3n) is 1.61. The Hall–Kier alpha value is -0.311. The zero-order chi connectivity index (χ0) is 9.14. The van der Waals surface area contributed by atoms with E-state index in [1.807, 2.05) is 0 Å². The van der Waals surface area contributed by atoms with Gasteiger partial charge in [-0.15, -0.1) is 0 Å². The summed E-state index contributed by atoms with van der Waals surface area (Å²) in [7, 11) is 0. The summed E-state index contributed by atoms with van der Waals surface area (Å²) in [6.45, 7) is 5.08. The van der Waals surface area contributed by atoms with Crippen molar-refractivity contribution in [2.75, 3.05) is 0 Å². The van der Waals surface area contributed by atoms with Crippen LogP contribution in [0.4, 0.5) is 0 Å². The van der Waals surface area contributed by atoms with E-state index in [0.29, 0.717) is 20.5 Å². The monoisotopic (exact) mass is 236 g/mol. The second kappa shape index (κ2) is 4.08. The van der Waals surface area contributed by atoms with Gasteiger partial charge >= 0.3 is 77.5 Å². The van der Waals surface area contributed by atoms with Crippen LogP contribution >= 0.6 is 0 Å². The maximum absolute atomic E-state index is 11.0. The number of hydrogen-bond acceptors (Lipinski definition) is 3. The Morgan fingerprint density at radius 1 is 1.67 bits per heavy atom. The molecular weight excluding hydrogens is 223 g/mol. The van der Waals surface area contributed by atoms with Crippen LogP contribution < -0.4 is 0 Å². The average molecular weight is 235 g/mol. The van der Waals surface area contributed by atoms with Crippen LogP contribution in [-0.2, 0) is 9.53 Å². The Morgan fingerprint density at radius 3 is 2.75 bits per heavy atom. The van der Waals surface area contributed by atoms with E-state index in [1.54, 1.807) is 6.92 Å². The number of hydrogen-bond donors (Lipinski definition) is 1. The minimum atomic E-state index is -0.451. The first kappa shape index (κ1) is 9.78. The van der Waals surface area contributed by atoms with Gasteiger partial charge in [-0.2, -0.15) is 0 Å². The van der Waals surface area contributed by atoms with Crippen molar-refractivity contribution < 1.29 is 14.6 Å². The van der Waals surface area contributed by atoms with Crippen LogP contribution in [0.25, 0.3) is 0 Å². The number of aliphatic hydroxyl groups excluding tert-OH is 1. The number of carbonyl (C=O) groups excluding carboxylic acids is 1. The summed E-state index contributed by atoms with van der Waals surface area (Å²) in [6, 6.07) is 0. The van der Waals surface area contributed by atoms with E-state index in [-0.39, 0.29) is 6.10 Å². The zero-order valence-corrected chi connectivity index (χ0v) is 8.66. The molecule has 1 fully saturated rings. The van der Waals surface area contributed by atoms with Crippen molar-refractivity contribution in [3.63, 3.8) is 0 Å². The van der Waals surface area contributed by atoms with Gasteiger partial charge in [0, 0.05) is 0 Å². The van der Waals surface area contributed by atoms with E-state index in [1.165, 1.54) is 0 Å². The molecule has 68 valence electrons. The quantitative estimate of drug-likeness (QED) is 0.428. The predicted octanol–water partition coefficient (Wildman–Crippen LogP) is 0.390. The SMILES string of the molecule is C=C(C)C(=O)O[C@H]1C[Se]C[C@@H]1O. The van der Waals surface area contributed by atoms with E-state index in [4.69, 9.17) is 4.74 Å². The molecule has 1 rings (SSSR count). The Morgan fingerprint density at radius 2 is 2.33 bits per heavy atom. The van der Waals surface area contributed by atoms with Crippen molar-refractivity contribution in [2.24, 2.45) is 0 Å². The molecule has 3 nitrogen and oxygen atoms in total. The molecule has 0 bridgehead atoms. The molecule has 1 aliphatic rings. The van der Waals surface area contributed by atoms with Gasteiger partial charge in [0.2, 0.25) is 0 Å². The Kier molecular flexibility index (Phi) is 3.32. The summed E-state index contributed by atoms with van der Waals surface area (Å²) in [4.78, 5) is 11.0. The molecule has 1 heterocycles. The molecule has 0 unspecified atom stereocenters. The van der Waals surface area contributed by atoms with Gasteiger partial charge in [-0.1, -0.05) is 0 Å². The van der Waals surface area contributed by atoms with Crippen LogP contribution in [0.2, 0.25) is 10.6 Å². The number of esters is 1. The van der Waals surface area contributed by atoms with Crippen molar-refractivity contribution >= 4 is 20.9 Å². The fourth-order valence-corrected chi connectivity index (χ4v) is 3.21. The van der Waals surface area contributed by atoms with E-state index in [2.05, 4.69) is 6.58 Å². The van der Waals surface area contributed by atoms with Crippen LogP contribution in [0.3, 0.4) is 0 Å². The molecule has 1 aliphatic heterocycles. The molecule has 0 aliphatic carbocycles. The topological polar surface area (TPSA) is 46.5 Å². The first-order valence-electron chi connectivity index (χ1n) is 3.73. The van der Waals surface area contributed by atoms with Crippen LogP contribution in [0, 0.1) is 0 Å². The van der Waals surface area contributed by atoms with Gasteiger partial charge in [-0.25, -0.2) is 0 Å². The van der Waals surface area contributed by atoms with Gasteiger partial charge in [0.15, 0.2) is 0 Å². The molecule has 1 N–H and O–H groups in total. The van der Waals surface area contributed by atoms with E-state index < -0.39 is 12.1 Å². The molecule has 1 saturated heterocycles. The molecule has 12 heavy (non-hydrogen) atoms. The van der Waals surface area contributed by atoms with Crippen molar-refractivity contribution in [3.05, 3.63) is 12.2 Å². The molecule has 2 atom stereocenters. The predicted molar refractivity (Wildman–Crippen MR) is 46.1 cm³/mol. The molecule has 0 amide bonds. The van der Waals surface area contributed by atoms with Gasteiger partial charge in [0.05, 0.1) is 0 Å². The number of rotatable bonds is 2. The van der Waals surface area contributed by atoms with Crippen molar-refractivity contribution in [1.82, 2.24) is 0 Å². The van der Waals surface area contributed by atoms with E-state index in [9.17, 15) is 9.90 Å². The molecule has 4 heteroatoms. The standard InChI is InChI=1S/C8H12O3Se/c1-5(2)8(10)11-7-4-12-3-6(7)9/h6-7,9H,1,3-4H2,2H3/t6-,7-/m0/s1. The van der Waals surface area contributed by atoms with Gasteiger partial charge < -0.3 is 0 Å². The van der Waals surface area contributed by atoms with E-state index >= 15 is 0 Å². The Bertz CT molecular complexity index is 202. The van der Waals surface area contributed by atoms with Crippen molar-refractivity contribution in [3.8, 4) is 0 Å². The fraction of sp³-hybridized carbons (Fsp3) is 0.625. The van der Waals surface area contributed by atoms with Crippen LogP contribution in [0.15, 0.2) is 12.2 Å². The van der Waals surface area contributed by atoms with Crippen molar-refractivity contribution in [2.45, 2.75) is 29.8 Å². The molecule has 0 spiro atoms. The van der Waals surface area contributed by atoms with Crippen LogP contribution in [0.5, 0.6) is 0 Å². The second-order valence-corrected chi connectivity index (χ2v) is 5.08. The summed E-state index contributed by atoms with van der Waals surface area (Å²) in [5, 5.41) is 10.9. The summed E-state index contributed by atoms with van der Waals surface area (Å²) in [5.41, 5.74) is 0.390. The molecule has 0 aromatic rings. The summed E-state index contributed by atoms with van der Waals surface area (Å²) < 4.78 is 5.01. The molecule has 0 aromatic heterocycles. The summed E-state index contributed by atoms with van der Waals surface area (Å²) in [5.74, 6) is -0.392. The van der Waals surface area contributed by atoms with Gasteiger partial charge in [-0.05, 0) is 0 Å². The summed E-state index contributed by atoms with van der Waals surface area (Å²) in [6.07, 6.45) is -0.734. The first-order chi connectivity index (χ1) is 5.61.